The van der Waals surface area contributed by atoms with Gasteiger partial charge in [-0.15, -0.1) is 0 Å². The molecular weight excluding hydrogens is 374 g/mol. The molecule has 0 spiro atoms. The molecule has 0 radical (unpaired) electrons. The van der Waals surface area contributed by atoms with Gasteiger partial charge in [-0.3, -0.25) is 4.57 Å². The van der Waals surface area contributed by atoms with Crippen LogP contribution in [0.5, 0.6) is 0 Å². The molecule has 27 heavy (non-hydrogen) atoms. The third-order valence-electron chi connectivity index (χ3n) is 4.39. The third kappa shape index (κ3) is 4.17. The third-order valence-corrected chi connectivity index (χ3v) is 4.66. The highest BCUT2D eigenvalue weighted by Crippen LogP contribution is 2.38. The minimum absolute atomic E-state index is 0.0128. The van der Waals surface area contributed by atoms with E-state index in [0.29, 0.717) is 35.3 Å². The van der Waals surface area contributed by atoms with Crippen molar-refractivity contribution in [2.24, 2.45) is 0 Å². The number of aromatic nitrogens is 4. The van der Waals surface area contributed by atoms with Crippen LogP contribution >= 0.6 is 11.6 Å². The number of rotatable bonds is 4. The molecule has 2 N–H and O–H groups in total. The van der Waals surface area contributed by atoms with Crippen molar-refractivity contribution in [3.8, 4) is 0 Å². The Balaban J connectivity index is 0.00000102. The number of hydrogen-bond donors (Lipinski definition) is 2. The van der Waals surface area contributed by atoms with E-state index in [-0.39, 0.29) is 18.4 Å². The van der Waals surface area contributed by atoms with E-state index >= 15 is 0 Å². The van der Waals surface area contributed by atoms with E-state index in [4.69, 9.17) is 30.9 Å². The SMILES string of the molecule is CCCNc1nc(Cl)c2ncn(C3CC4OC(C)(C)OC4CO3)c2n1.CO. The van der Waals surface area contributed by atoms with Gasteiger partial charge < -0.3 is 24.6 Å². The molecule has 2 aromatic heterocycles. The molecule has 150 valence electrons. The summed E-state index contributed by atoms with van der Waals surface area (Å²) in [6, 6.07) is 0. The number of hydrogen-bond acceptors (Lipinski definition) is 8. The maximum absolute atomic E-state index is 7.00. The number of halogens is 1. The fraction of sp³-hybridized carbons (Fsp3) is 0.706. The lowest BCUT2D eigenvalue weighted by Crippen LogP contribution is -2.37. The highest BCUT2D eigenvalue weighted by Gasteiger charge is 2.45. The first-order chi connectivity index (χ1) is 13.0. The molecule has 2 fully saturated rings. The second kappa shape index (κ2) is 8.24. The topological polar surface area (TPSA) is 104 Å². The molecule has 3 unspecified atom stereocenters. The van der Waals surface area contributed by atoms with E-state index < -0.39 is 5.79 Å². The van der Waals surface area contributed by atoms with E-state index in [1.807, 2.05) is 18.4 Å². The number of ether oxygens (including phenoxy) is 3. The van der Waals surface area contributed by atoms with Crippen LogP contribution in [0.2, 0.25) is 5.15 Å². The van der Waals surface area contributed by atoms with Crippen LogP contribution in [-0.2, 0) is 14.2 Å². The van der Waals surface area contributed by atoms with Gasteiger partial charge in [0.05, 0.1) is 19.0 Å². The molecule has 4 heterocycles. The summed E-state index contributed by atoms with van der Waals surface area (Å²) < 4.78 is 19.7. The zero-order valence-corrected chi connectivity index (χ0v) is 16.7. The Morgan fingerprint density at radius 1 is 1.30 bits per heavy atom. The second-order valence-electron chi connectivity index (χ2n) is 6.82. The summed E-state index contributed by atoms with van der Waals surface area (Å²) in [7, 11) is 1.00. The van der Waals surface area contributed by atoms with E-state index in [1.54, 1.807) is 6.33 Å². The number of anilines is 1. The van der Waals surface area contributed by atoms with Gasteiger partial charge in [0.15, 0.2) is 16.6 Å². The molecule has 2 aliphatic heterocycles. The standard InChI is InChI=1S/C16H22ClN5O3.CH4O/c1-4-5-18-15-20-13(17)12-14(21-15)22(8-19-12)11-6-9-10(7-23-11)25-16(2,3)24-9;1-2/h8-11H,4-7H2,1-3H3,(H,18,20,21);2H,1H3. The molecule has 2 saturated heterocycles. The lowest BCUT2D eigenvalue weighted by atomic mass is 10.1. The lowest BCUT2D eigenvalue weighted by Gasteiger charge is -2.30. The summed E-state index contributed by atoms with van der Waals surface area (Å²) in [6.45, 7) is 7.17. The Morgan fingerprint density at radius 3 is 2.78 bits per heavy atom. The molecule has 10 heteroatoms. The molecule has 0 amide bonds. The number of imidazole rings is 1. The molecule has 0 saturated carbocycles. The molecule has 4 rings (SSSR count). The number of aliphatic hydroxyl groups excluding tert-OH is 1. The van der Waals surface area contributed by atoms with Crippen molar-refractivity contribution in [2.75, 3.05) is 25.6 Å². The van der Waals surface area contributed by atoms with Crippen LogP contribution < -0.4 is 5.32 Å². The largest absolute Gasteiger partial charge is 0.400 e. The van der Waals surface area contributed by atoms with E-state index in [9.17, 15) is 0 Å². The van der Waals surface area contributed by atoms with Crippen molar-refractivity contribution < 1.29 is 19.3 Å². The summed E-state index contributed by atoms with van der Waals surface area (Å²) in [5.41, 5.74) is 1.22. The number of fused-ring (bicyclic) bond motifs is 2. The average molecular weight is 400 g/mol. The Bertz CT molecular complexity index is 784. The summed E-state index contributed by atoms with van der Waals surface area (Å²) in [5.74, 6) is -0.0794. The highest BCUT2D eigenvalue weighted by molar-refractivity contribution is 6.33. The molecular formula is C17H26ClN5O4. The fourth-order valence-electron chi connectivity index (χ4n) is 3.33. The van der Waals surface area contributed by atoms with Crippen LogP contribution in [0, 0.1) is 0 Å². The van der Waals surface area contributed by atoms with Crippen molar-refractivity contribution in [3.05, 3.63) is 11.5 Å². The van der Waals surface area contributed by atoms with Gasteiger partial charge in [-0.1, -0.05) is 18.5 Å². The van der Waals surface area contributed by atoms with Crippen molar-refractivity contribution >= 4 is 28.7 Å². The second-order valence-corrected chi connectivity index (χ2v) is 7.18. The van der Waals surface area contributed by atoms with Crippen LogP contribution in [0.4, 0.5) is 5.95 Å². The van der Waals surface area contributed by atoms with Crippen molar-refractivity contribution in [1.29, 1.82) is 0 Å². The molecule has 3 atom stereocenters. The first-order valence-corrected chi connectivity index (χ1v) is 9.40. The predicted molar refractivity (Wildman–Crippen MR) is 101 cm³/mol. The maximum atomic E-state index is 7.00. The van der Waals surface area contributed by atoms with Gasteiger partial charge in [-0.2, -0.15) is 9.97 Å². The van der Waals surface area contributed by atoms with Gasteiger partial charge in [0, 0.05) is 20.1 Å². The van der Waals surface area contributed by atoms with E-state index in [0.717, 1.165) is 20.1 Å². The van der Waals surface area contributed by atoms with Crippen LogP contribution in [0.15, 0.2) is 6.33 Å². The summed E-state index contributed by atoms with van der Waals surface area (Å²) >= 11 is 6.27. The van der Waals surface area contributed by atoms with Crippen molar-refractivity contribution in [1.82, 2.24) is 19.5 Å². The normalized spacial score (nSPS) is 26.4. The van der Waals surface area contributed by atoms with Gasteiger partial charge in [0.25, 0.3) is 0 Å². The highest BCUT2D eigenvalue weighted by atomic mass is 35.5. The van der Waals surface area contributed by atoms with Gasteiger partial charge in [-0.05, 0) is 20.3 Å². The summed E-state index contributed by atoms with van der Waals surface area (Å²) in [5, 5.41) is 10.5. The Labute approximate surface area is 163 Å². The first-order valence-electron chi connectivity index (χ1n) is 9.03. The Kier molecular flexibility index (Phi) is 6.17. The van der Waals surface area contributed by atoms with Gasteiger partial charge >= 0.3 is 0 Å². The van der Waals surface area contributed by atoms with Crippen LogP contribution in [0.3, 0.4) is 0 Å². The van der Waals surface area contributed by atoms with Gasteiger partial charge in [0.2, 0.25) is 5.95 Å². The quantitative estimate of drug-likeness (QED) is 0.755. The monoisotopic (exact) mass is 399 g/mol. The van der Waals surface area contributed by atoms with E-state index in [1.165, 1.54) is 0 Å². The average Bonchev–Trinajstić information content (AvgIpc) is 3.20. The Morgan fingerprint density at radius 2 is 2.04 bits per heavy atom. The zero-order valence-electron chi connectivity index (χ0n) is 16.0. The lowest BCUT2D eigenvalue weighted by molar-refractivity contribution is -0.146. The fourth-order valence-corrected chi connectivity index (χ4v) is 3.54. The minimum atomic E-state index is -0.576. The van der Waals surface area contributed by atoms with E-state index in [2.05, 4.69) is 27.2 Å². The Hall–Kier alpha value is -1.52. The van der Waals surface area contributed by atoms with Gasteiger partial charge in [0.1, 0.15) is 17.8 Å². The van der Waals surface area contributed by atoms with Crippen LogP contribution in [0.25, 0.3) is 11.2 Å². The molecule has 2 aliphatic rings. The molecule has 2 aromatic rings. The number of aliphatic hydroxyl groups is 1. The smallest absolute Gasteiger partial charge is 0.226 e. The van der Waals surface area contributed by atoms with Crippen LogP contribution in [0.1, 0.15) is 39.8 Å². The molecule has 0 aliphatic carbocycles. The number of nitrogens with zero attached hydrogens (tertiary/aromatic N) is 4. The van der Waals surface area contributed by atoms with Crippen molar-refractivity contribution in [3.63, 3.8) is 0 Å². The van der Waals surface area contributed by atoms with Gasteiger partial charge in [-0.25, -0.2) is 4.98 Å². The van der Waals surface area contributed by atoms with Crippen LogP contribution in [-0.4, -0.2) is 62.9 Å². The number of nitrogens with one attached hydrogen (secondary N) is 1. The summed E-state index contributed by atoms with van der Waals surface area (Å²) in [6.07, 6.45) is 3.05. The summed E-state index contributed by atoms with van der Waals surface area (Å²) in [4.78, 5) is 13.2. The molecule has 0 aromatic carbocycles. The molecule has 9 nitrogen and oxygen atoms in total. The minimum Gasteiger partial charge on any atom is -0.400 e. The zero-order chi connectivity index (χ0) is 19.6. The van der Waals surface area contributed by atoms with Crippen molar-refractivity contribution in [2.45, 2.75) is 57.8 Å². The molecule has 0 bridgehead atoms. The first kappa shape index (κ1) is 20.2. The maximum Gasteiger partial charge on any atom is 0.226 e. The predicted octanol–water partition coefficient (Wildman–Crippen LogP) is 2.35.